The Hall–Kier alpha value is -3.98. The van der Waals surface area contributed by atoms with E-state index < -0.39 is 17.7 Å². The predicted octanol–water partition coefficient (Wildman–Crippen LogP) is 5.27. The van der Waals surface area contributed by atoms with Gasteiger partial charge in [0.25, 0.3) is 0 Å². The highest BCUT2D eigenvalue weighted by Gasteiger charge is 2.39. The number of aromatic carboxylic acids is 1. The summed E-state index contributed by atoms with van der Waals surface area (Å²) in [5.41, 5.74) is 9.12. The molecule has 0 atom stereocenters. The number of rotatable bonds is 5. The molecular weight excluding hydrogens is 445 g/mol. The molecule has 34 heavy (non-hydrogen) atoms. The highest BCUT2D eigenvalue weighted by Crippen LogP contribution is 2.43. The van der Waals surface area contributed by atoms with Crippen LogP contribution in [0.15, 0.2) is 72.9 Å². The summed E-state index contributed by atoms with van der Waals surface area (Å²) < 4.78 is 39.9. The molecule has 1 aliphatic rings. The molecule has 4 aromatic rings. The SMILES string of the molecule is NC1(c2ccc(-c3cc(C(=O)O)cc(-n4cc(-c5ccc(C(F)(F)F)cc5)nn4)c3)cc2)CC1. The van der Waals surface area contributed by atoms with Crippen molar-refractivity contribution >= 4 is 5.97 Å². The summed E-state index contributed by atoms with van der Waals surface area (Å²) in [7, 11) is 0. The lowest BCUT2D eigenvalue weighted by molar-refractivity contribution is -0.137. The molecule has 3 N–H and O–H groups in total. The van der Waals surface area contributed by atoms with Crippen LogP contribution in [-0.4, -0.2) is 26.1 Å². The van der Waals surface area contributed by atoms with E-state index in [9.17, 15) is 23.1 Å². The lowest BCUT2D eigenvalue weighted by atomic mass is 9.98. The first kappa shape index (κ1) is 21.8. The average molecular weight is 464 g/mol. The van der Waals surface area contributed by atoms with Gasteiger partial charge >= 0.3 is 12.1 Å². The van der Waals surface area contributed by atoms with Gasteiger partial charge in [-0.1, -0.05) is 41.6 Å². The molecule has 6 nitrogen and oxygen atoms in total. The van der Waals surface area contributed by atoms with E-state index in [1.165, 1.54) is 22.9 Å². The Labute approximate surface area is 192 Å². The molecule has 1 aliphatic carbocycles. The first-order chi connectivity index (χ1) is 16.1. The van der Waals surface area contributed by atoms with E-state index in [-0.39, 0.29) is 11.1 Å². The van der Waals surface area contributed by atoms with Gasteiger partial charge in [-0.3, -0.25) is 0 Å². The molecule has 0 saturated heterocycles. The molecule has 1 saturated carbocycles. The third kappa shape index (κ3) is 4.17. The average Bonchev–Trinajstić information content (AvgIpc) is 3.38. The molecule has 0 bridgehead atoms. The number of hydrogen-bond acceptors (Lipinski definition) is 4. The molecule has 0 radical (unpaired) electrons. The Morgan fingerprint density at radius 3 is 2.18 bits per heavy atom. The first-order valence-corrected chi connectivity index (χ1v) is 10.5. The van der Waals surface area contributed by atoms with Crippen LogP contribution in [0.3, 0.4) is 0 Å². The van der Waals surface area contributed by atoms with Crippen LogP contribution in [0.4, 0.5) is 13.2 Å². The molecule has 0 aliphatic heterocycles. The number of alkyl halides is 3. The minimum atomic E-state index is -4.43. The Kier molecular flexibility index (Phi) is 5.02. The third-order valence-electron chi connectivity index (χ3n) is 6.01. The van der Waals surface area contributed by atoms with Crippen molar-refractivity contribution in [2.45, 2.75) is 24.6 Å². The van der Waals surface area contributed by atoms with Crippen LogP contribution in [0.25, 0.3) is 28.1 Å². The van der Waals surface area contributed by atoms with Gasteiger partial charge in [0.1, 0.15) is 5.69 Å². The Bertz CT molecular complexity index is 1370. The largest absolute Gasteiger partial charge is 0.478 e. The normalized spacial score (nSPS) is 14.7. The molecule has 1 fully saturated rings. The van der Waals surface area contributed by atoms with Crippen LogP contribution in [0.5, 0.6) is 0 Å². The van der Waals surface area contributed by atoms with Crippen molar-refractivity contribution in [3.63, 3.8) is 0 Å². The van der Waals surface area contributed by atoms with Gasteiger partial charge in [0.15, 0.2) is 0 Å². The molecule has 0 spiro atoms. The topological polar surface area (TPSA) is 94.0 Å². The lowest BCUT2D eigenvalue weighted by Crippen LogP contribution is -2.18. The summed E-state index contributed by atoms with van der Waals surface area (Å²) >= 11 is 0. The summed E-state index contributed by atoms with van der Waals surface area (Å²) in [6.45, 7) is 0. The van der Waals surface area contributed by atoms with Crippen LogP contribution >= 0.6 is 0 Å². The first-order valence-electron chi connectivity index (χ1n) is 10.5. The van der Waals surface area contributed by atoms with Gasteiger partial charge in [-0.05, 0) is 59.9 Å². The molecule has 0 unspecified atom stereocenters. The second-order valence-corrected chi connectivity index (χ2v) is 8.43. The van der Waals surface area contributed by atoms with Crippen LogP contribution in [-0.2, 0) is 11.7 Å². The fourth-order valence-corrected chi connectivity index (χ4v) is 3.80. The van der Waals surface area contributed by atoms with E-state index in [1.807, 2.05) is 24.3 Å². The summed E-state index contributed by atoms with van der Waals surface area (Å²) in [4.78, 5) is 11.7. The zero-order valence-corrected chi connectivity index (χ0v) is 17.8. The number of nitrogens with zero attached hydrogens (tertiary/aromatic N) is 3. The van der Waals surface area contributed by atoms with Crippen LogP contribution in [0, 0.1) is 0 Å². The maximum absolute atomic E-state index is 12.8. The third-order valence-corrected chi connectivity index (χ3v) is 6.01. The fraction of sp³-hybridized carbons (Fsp3) is 0.160. The van der Waals surface area contributed by atoms with E-state index in [0.717, 1.165) is 36.1 Å². The number of carboxylic acid groups (broad SMARTS) is 1. The highest BCUT2D eigenvalue weighted by molar-refractivity contribution is 5.90. The van der Waals surface area contributed by atoms with Gasteiger partial charge in [0.05, 0.1) is 23.0 Å². The van der Waals surface area contributed by atoms with Crippen molar-refractivity contribution in [2.24, 2.45) is 5.73 Å². The smallest absolute Gasteiger partial charge is 0.416 e. The van der Waals surface area contributed by atoms with E-state index in [1.54, 1.807) is 18.3 Å². The fourth-order valence-electron chi connectivity index (χ4n) is 3.80. The Balaban J connectivity index is 1.49. The zero-order valence-electron chi connectivity index (χ0n) is 17.8. The van der Waals surface area contributed by atoms with Gasteiger partial charge in [-0.2, -0.15) is 13.2 Å². The van der Waals surface area contributed by atoms with E-state index in [2.05, 4.69) is 10.3 Å². The van der Waals surface area contributed by atoms with Gasteiger partial charge in [0.2, 0.25) is 0 Å². The monoisotopic (exact) mass is 464 g/mol. The number of hydrogen-bond donors (Lipinski definition) is 2. The maximum atomic E-state index is 12.8. The summed E-state index contributed by atoms with van der Waals surface area (Å²) in [5.74, 6) is -1.10. The summed E-state index contributed by atoms with van der Waals surface area (Å²) in [5, 5.41) is 17.7. The number of halogens is 3. The molecule has 9 heteroatoms. The minimum absolute atomic E-state index is 0.0700. The van der Waals surface area contributed by atoms with Crippen molar-refractivity contribution in [1.82, 2.24) is 15.0 Å². The van der Waals surface area contributed by atoms with E-state index in [0.29, 0.717) is 22.5 Å². The van der Waals surface area contributed by atoms with Gasteiger partial charge in [-0.25, -0.2) is 9.48 Å². The summed E-state index contributed by atoms with van der Waals surface area (Å²) in [6, 6.07) is 17.1. The van der Waals surface area contributed by atoms with Crippen molar-refractivity contribution in [2.75, 3.05) is 0 Å². The second-order valence-electron chi connectivity index (χ2n) is 8.43. The van der Waals surface area contributed by atoms with Crippen LogP contribution in [0.1, 0.15) is 34.3 Å². The zero-order chi connectivity index (χ0) is 24.1. The second kappa shape index (κ2) is 7.81. The Morgan fingerprint density at radius 1 is 0.941 bits per heavy atom. The quantitative estimate of drug-likeness (QED) is 0.420. The number of nitrogens with two attached hydrogens (primary N) is 1. The maximum Gasteiger partial charge on any atom is 0.416 e. The number of aromatic nitrogens is 3. The number of carbonyl (C=O) groups is 1. The molecule has 3 aromatic carbocycles. The van der Waals surface area contributed by atoms with E-state index in [4.69, 9.17) is 5.73 Å². The van der Waals surface area contributed by atoms with Crippen molar-refractivity contribution in [3.05, 3.63) is 89.6 Å². The van der Waals surface area contributed by atoms with Crippen LogP contribution in [0.2, 0.25) is 0 Å². The van der Waals surface area contributed by atoms with Crippen molar-refractivity contribution in [3.8, 4) is 28.1 Å². The molecule has 1 heterocycles. The Morgan fingerprint density at radius 2 is 1.59 bits per heavy atom. The number of benzene rings is 3. The molecule has 1 aromatic heterocycles. The van der Waals surface area contributed by atoms with Gasteiger partial charge in [-0.15, -0.1) is 5.10 Å². The van der Waals surface area contributed by atoms with Gasteiger partial charge in [0, 0.05) is 11.1 Å². The molecule has 5 rings (SSSR count). The number of carboxylic acids is 1. The molecule has 172 valence electrons. The predicted molar refractivity (Wildman–Crippen MR) is 119 cm³/mol. The van der Waals surface area contributed by atoms with Crippen molar-refractivity contribution < 1.29 is 23.1 Å². The minimum Gasteiger partial charge on any atom is -0.478 e. The highest BCUT2D eigenvalue weighted by atomic mass is 19.4. The van der Waals surface area contributed by atoms with E-state index >= 15 is 0 Å². The summed E-state index contributed by atoms with van der Waals surface area (Å²) in [6.07, 6.45) is -0.996. The molecule has 0 amide bonds. The lowest BCUT2D eigenvalue weighted by Gasteiger charge is -2.11. The molecular formula is C25H19F3N4O2. The van der Waals surface area contributed by atoms with Crippen molar-refractivity contribution in [1.29, 1.82) is 0 Å². The van der Waals surface area contributed by atoms with Gasteiger partial charge < -0.3 is 10.8 Å². The standard InChI is InChI=1S/C25H19F3N4O2/c26-25(27,28)20-7-3-16(4-8-20)22-14-32(31-30-22)21-12-17(11-18(13-21)23(33)34)15-1-5-19(6-2-15)24(29)9-10-24/h1-8,11-14H,9-10,29H2,(H,33,34). The van der Waals surface area contributed by atoms with Crippen LogP contribution < -0.4 is 5.73 Å².